The number of halogens is 1. The van der Waals surface area contributed by atoms with Crippen LogP contribution in [-0.4, -0.2) is 21.0 Å². The molecule has 0 aliphatic rings. The predicted molar refractivity (Wildman–Crippen MR) is 73.7 cm³/mol. The number of benzene rings is 1. The molecule has 0 saturated heterocycles. The van der Waals surface area contributed by atoms with Gasteiger partial charge >= 0.3 is 0 Å². The normalized spacial score (nSPS) is 10.7. The van der Waals surface area contributed by atoms with Gasteiger partial charge in [0.05, 0.1) is 4.92 Å². The fourth-order valence-electron chi connectivity index (χ4n) is 1.73. The minimum Gasteiger partial charge on any atom is -0.305 e. The molecule has 110 valence electrons. The topological polar surface area (TPSA) is 101 Å². The molecule has 8 heteroatoms. The molecular weight excluding hydrogens is 279 g/mol. The zero-order valence-electron chi connectivity index (χ0n) is 11.4. The number of hydrogen-bond acceptors (Lipinski definition) is 4. The minimum absolute atomic E-state index is 0.187. The lowest BCUT2D eigenvalue weighted by atomic mass is 10.1. The van der Waals surface area contributed by atoms with Gasteiger partial charge in [-0.1, -0.05) is 13.8 Å². The van der Waals surface area contributed by atoms with E-state index >= 15 is 0 Å². The summed E-state index contributed by atoms with van der Waals surface area (Å²) in [6.07, 6.45) is 0. The Kier molecular flexibility index (Phi) is 3.97. The summed E-state index contributed by atoms with van der Waals surface area (Å²) in [6.45, 7) is 3.88. The van der Waals surface area contributed by atoms with E-state index in [2.05, 4.69) is 15.5 Å². The Morgan fingerprint density at radius 1 is 1.43 bits per heavy atom. The standard InChI is InChI=1S/C13H13FN4O3/c1-7(2)10-6-12(17-16-10)15-13(19)9-5-8(14)3-4-11(9)18(20)21/h3-7H,1-2H3,(H2,15,16,17,19). The van der Waals surface area contributed by atoms with Crippen LogP contribution < -0.4 is 5.32 Å². The number of anilines is 1. The van der Waals surface area contributed by atoms with Gasteiger partial charge in [0, 0.05) is 17.8 Å². The number of nitrogens with one attached hydrogen (secondary N) is 2. The molecule has 2 rings (SSSR count). The molecule has 0 saturated carbocycles. The summed E-state index contributed by atoms with van der Waals surface area (Å²) in [5.41, 5.74) is -0.0124. The molecule has 1 aromatic heterocycles. The maximum Gasteiger partial charge on any atom is 0.282 e. The Bertz CT molecular complexity index is 696. The second kappa shape index (κ2) is 5.70. The predicted octanol–water partition coefficient (Wildman–Crippen LogP) is 2.83. The van der Waals surface area contributed by atoms with Crippen molar-refractivity contribution >= 4 is 17.4 Å². The van der Waals surface area contributed by atoms with Crippen LogP contribution in [0.1, 0.15) is 35.8 Å². The summed E-state index contributed by atoms with van der Waals surface area (Å²) in [5, 5.41) is 19.9. The molecule has 0 bridgehead atoms. The Labute approximate surface area is 119 Å². The molecule has 0 fully saturated rings. The van der Waals surface area contributed by atoms with E-state index in [-0.39, 0.29) is 17.3 Å². The quantitative estimate of drug-likeness (QED) is 0.668. The average Bonchev–Trinajstić information content (AvgIpc) is 2.86. The number of nitro benzene ring substituents is 1. The fraction of sp³-hybridized carbons (Fsp3) is 0.231. The number of amides is 1. The highest BCUT2D eigenvalue weighted by Gasteiger charge is 2.21. The summed E-state index contributed by atoms with van der Waals surface area (Å²) in [7, 11) is 0. The van der Waals surface area contributed by atoms with Crippen LogP contribution in [0.5, 0.6) is 0 Å². The molecule has 1 amide bonds. The van der Waals surface area contributed by atoms with Gasteiger partial charge in [-0.25, -0.2) is 4.39 Å². The van der Waals surface area contributed by atoms with Crippen molar-refractivity contribution in [3.8, 4) is 0 Å². The monoisotopic (exact) mass is 292 g/mol. The van der Waals surface area contributed by atoms with E-state index in [9.17, 15) is 19.3 Å². The second-order valence-corrected chi connectivity index (χ2v) is 4.74. The molecule has 0 spiro atoms. The first-order chi connectivity index (χ1) is 9.88. The smallest absolute Gasteiger partial charge is 0.282 e. The van der Waals surface area contributed by atoms with Gasteiger partial charge in [0.1, 0.15) is 11.4 Å². The highest BCUT2D eigenvalue weighted by atomic mass is 19.1. The number of H-pyrrole nitrogens is 1. The van der Waals surface area contributed by atoms with E-state index in [1.165, 1.54) is 0 Å². The third kappa shape index (κ3) is 3.22. The van der Waals surface area contributed by atoms with Crippen LogP contribution >= 0.6 is 0 Å². The lowest BCUT2D eigenvalue weighted by Crippen LogP contribution is -2.14. The SMILES string of the molecule is CC(C)c1cc(NC(=O)c2cc(F)ccc2[N+](=O)[O-])n[nH]1. The number of rotatable bonds is 4. The van der Waals surface area contributed by atoms with Crippen LogP contribution in [0.15, 0.2) is 24.3 Å². The highest BCUT2D eigenvalue weighted by Crippen LogP contribution is 2.21. The number of aromatic amines is 1. The third-order valence-electron chi connectivity index (χ3n) is 2.86. The lowest BCUT2D eigenvalue weighted by molar-refractivity contribution is -0.385. The van der Waals surface area contributed by atoms with Crippen molar-refractivity contribution in [1.82, 2.24) is 10.2 Å². The van der Waals surface area contributed by atoms with Crippen LogP contribution in [-0.2, 0) is 0 Å². The van der Waals surface area contributed by atoms with Gasteiger partial charge < -0.3 is 5.32 Å². The lowest BCUT2D eigenvalue weighted by Gasteiger charge is -2.03. The maximum atomic E-state index is 13.2. The number of aromatic nitrogens is 2. The maximum absolute atomic E-state index is 13.2. The van der Waals surface area contributed by atoms with Crippen molar-refractivity contribution in [3.05, 3.63) is 51.5 Å². The van der Waals surface area contributed by atoms with E-state index in [1.54, 1.807) is 6.07 Å². The molecule has 1 aromatic carbocycles. The number of nitro groups is 1. The molecule has 1 heterocycles. The summed E-state index contributed by atoms with van der Waals surface area (Å²) in [4.78, 5) is 22.2. The number of carbonyl (C=O) groups is 1. The minimum atomic E-state index is -0.789. The Hall–Kier alpha value is -2.77. The van der Waals surface area contributed by atoms with Gasteiger partial charge in [-0.05, 0) is 18.1 Å². The van der Waals surface area contributed by atoms with Crippen molar-refractivity contribution in [2.24, 2.45) is 0 Å². The van der Waals surface area contributed by atoms with Gasteiger partial charge in [0.25, 0.3) is 11.6 Å². The van der Waals surface area contributed by atoms with Gasteiger partial charge in [-0.2, -0.15) is 5.10 Å². The number of carbonyl (C=O) groups excluding carboxylic acids is 1. The van der Waals surface area contributed by atoms with E-state index in [0.29, 0.717) is 0 Å². The van der Waals surface area contributed by atoms with Crippen molar-refractivity contribution < 1.29 is 14.1 Å². The summed E-state index contributed by atoms with van der Waals surface area (Å²) in [5.74, 6) is -1.10. The van der Waals surface area contributed by atoms with E-state index in [1.807, 2.05) is 13.8 Å². The molecule has 7 nitrogen and oxygen atoms in total. The van der Waals surface area contributed by atoms with Crippen LogP contribution in [0.3, 0.4) is 0 Å². The molecule has 0 unspecified atom stereocenters. The van der Waals surface area contributed by atoms with Gasteiger partial charge in [-0.15, -0.1) is 0 Å². The van der Waals surface area contributed by atoms with Gasteiger partial charge in [-0.3, -0.25) is 20.0 Å². The van der Waals surface area contributed by atoms with E-state index in [0.717, 1.165) is 23.9 Å². The first-order valence-electron chi connectivity index (χ1n) is 6.19. The Balaban J connectivity index is 2.27. The zero-order valence-corrected chi connectivity index (χ0v) is 11.4. The van der Waals surface area contributed by atoms with Crippen LogP contribution in [0.25, 0.3) is 0 Å². The zero-order chi connectivity index (χ0) is 15.6. The van der Waals surface area contributed by atoms with Crippen molar-refractivity contribution in [3.63, 3.8) is 0 Å². The van der Waals surface area contributed by atoms with E-state index < -0.39 is 22.3 Å². The first-order valence-corrected chi connectivity index (χ1v) is 6.19. The Morgan fingerprint density at radius 2 is 2.14 bits per heavy atom. The number of hydrogen-bond donors (Lipinski definition) is 2. The Morgan fingerprint density at radius 3 is 2.71 bits per heavy atom. The van der Waals surface area contributed by atoms with Gasteiger partial charge in [0.2, 0.25) is 0 Å². The molecule has 0 aliphatic carbocycles. The van der Waals surface area contributed by atoms with Crippen LogP contribution in [0, 0.1) is 15.9 Å². The second-order valence-electron chi connectivity index (χ2n) is 4.74. The summed E-state index contributed by atoms with van der Waals surface area (Å²) >= 11 is 0. The largest absolute Gasteiger partial charge is 0.305 e. The summed E-state index contributed by atoms with van der Waals surface area (Å²) in [6, 6.07) is 4.33. The molecule has 2 aromatic rings. The molecule has 0 atom stereocenters. The highest BCUT2D eigenvalue weighted by molar-refractivity contribution is 6.06. The molecule has 21 heavy (non-hydrogen) atoms. The van der Waals surface area contributed by atoms with Gasteiger partial charge in [0.15, 0.2) is 5.82 Å². The number of nitrogens with zero attached hydrogens (tertiary/aromatic N) is 2. The first kappa shape index (κ1) is 14.6. The van der Waals surface area contributed by atoms with Crippen molar-refractivity contribution in [1.29, 1.82) is 0 Å². The third-order valence-corrected chi connectivity index (χ3v) is 2.86. The fourth-order valence-corrected chi connectivity index (χ4v) is 1.73. The van der Waals surface area contributed by atoms with Crippen LogP contribution in [0.4, 0.5) is 15.9 Å². The van der Waals surface area contributed by atoms with Crippen molar-refractivity contribution in [2.45, 2.75) is 19.8 Å². The molecule has 2 N–H and O–H groups in total. The summed E-state index contributed by atoms with van der Waals surface area (Å²) < 4.78 is 13.2. The van der Waals surface area contributed by atoms with E-state index in [4.69, 9.17) is 0 Å². The van der Waals surface area contributed by atoms with Crippen molar-refractivity contribution in [2.75, 3.05) is 5.32 Å². The van der Waals surface area contributed by atoms with Crippen LogP contribution in [0.2, 0.25) is 0 Å². The molecule has 0 radical (unpaired) electrons. The average molecular weight is 292 g/mol. The molecular formula is C13H13FN4O3. The molecule has 0 aliphatic heterocycles.